The number of hydrogen-bond donors (Lipinski definition) is 1. The molecule has 4 nitrogen and oxygen atoms in total. The third-order valence-corrected chi connectivity index (χ3v) is 4.52. The van der Waals surface area contributed by atoms with Gasteiger partial charge in [0, 0.05) is 13.1 Å². The highest BCUT2D eigenvalue weighted by atomic mass is 16.2. The highest BCUT2D eigenvalue weighted by Crippen LogP contribution is 2.31. The van der Waals surface area contributed by atoms with Crippen LogP contribution in [0.2, 0.25) is 0 Å². The summed E-state index contributed by atoms with van der Waals surface area (Å²) in [4.78, 5) is 16.6. The lowest BCUT2D eigenvalue weighted by molar-refractivity contribution is -0.130. The van der Waals surface area contributed by atoms with Gasteiger partial charge in [-0.1, -0.05) is 19.8 Å². The van der Waals surface area contributed by atoms with Crippen LogP contribution in [0.1, 0.15) is 39.5 Å². The van der Waals surface area contributed by atoms with Crippen LogP contribution < -0.4 is 5.32 Å². The summed E-state index contributed by atoms with van der Waals surface area (Å²) in [6.45, 7) is 7.02. The van der Waals surface area contributed by atoms with E-state index in [2.05, 4.69) is 29.1 Å². The van der Waals surface area contributed by atoms with Crippen molar-refractivity contribution in [3.05, 3.63) is 0 Å². The quantitative estimate of drug-likeness (QED) is 0.801. The molecule has 1 saturated heterocycles. The summed E-state index contributed by atoms with van der Waals surface area (Å²) in [5, 5.41) is 3.50. The summed E-state index contributed by atoms with van der Waals surface area (Å²) >= 11 is 0. The van der Waals surface area contributed by atoms with Crippen LogP contribution in [0, 0.1) is 5.92 Å². The van der Waals surface area contributed by atoms with E-state index in [-0.39, 0.29) is 11.9 Å². The smallest absolute Gasteiger partial charge is 0.240 e. The maximum atomic E-state index is 12.2. The van der Waals surface area contributed by atoms with Gasteiger partial charge in [-0.05, 0) is 39.3 Å². The lowest BCUT2D eigenvalue weighted by atomic mass is 10.0. The summed E-state index contributed by atoms with van der Waals surface area (Å²) in [7, 11) is 2.11. The Morgan fingerprint density at radius 1 is 1.39 bits per heavy atom. The SMILES string of the molecule is CCN(C)CCN1C(=O)C(C)NC1C1CCCC1. The fourth-order valence-electron chi connectivity index (χ4n) is 3.15. The van der Waals surface area contributed by atoms with Gasteiger partial charge in [-0.25, -0.2) is 0 Å². The second-order valence-electron chi connectivity index (χ2n) is 5.81. The van der Waals surface area contributed by atoms with E-state index in [9.17, 15) is 4.79 Å². The summed E-state index contributed by atoms with van der Waals surface area (Å²) in [5.74, 6) is 0.960. The van der Waals surface area contributed by atoms with Gasteiger partial charge in [-0.3, -0.25) is 10.1 Å². The summed E-state index contributed by atoms with van der Waals surface area (Å²) < 4.78 is 0. The van der Waals surface area contributed by atoms with E-state index in [0.29, 0.717) is 12.1 Å². The fraction of sp³-hybridized carbons (Fsp3) is 0.929. The van der Waals surface area contributed by atoms with Gasteiger partial charge in [0.05, 0.1) is 12.2 Å². The highest BCUT2D eigenvalue weighted by Gasteiger charge is 2.40. The maximum Gasteiger partial charge on any atom is 0.240 e. The van der Waals surface area contributed by atoms with Crippen LogP contribution in [0.5, 0.6) is 0 Å². The molecule has 1 saturated carbocycles. The van der Waals surface area contributed by atoms with Crippen molar-refractivity contribution >= 4 is 5.91 Å². The fourth-order valence-corrected chi connectivity index (χ4v) is 3.15. The molecule has 0 spiro atoms. The molecule has 104 valence electrons. The molecule has 0 aromatic heterocycles. The standard InChI is InChI=1S/C14H27N3O/c1-4-16(3)9-10-17-13(12-7-5-6-8-12)15-11(2)14(17)18/h11-13,15H,4-10H2,1-3H3. The van der Waals surface area contributed by atoms with Crippen molar-refractivity contribution in [1.82, 2.24) is 15.1 Å². The van der Waals surface area contributed by atoms with Crippen LogP contribution >= 0.6 is 0 Å². The van der Waals surface area contributed by atoms with Gasteiger partial charge in [-0.15, -0.1) is 0 Å². The molecule has 1 aliphatic carbocycles. The molecular weight excluding hydrogens is 226 g/mol. The largest absolute Gasteiger partial charge is 0.324 e. The topological polar surface area (TPSA) is 35.6 Å². The minimum absolute atomic E-state index is 0.00235. The molecule has 2 unspecified atom stereocenters. The number of amides is 1. The van der Waals surface area contributed by atoms with Crippen molar-refractivity contribution in [2.75, 3.05) is 26.7 Å². The average molecular weight is 253 g/mol. The Balaban J connectivity index is 1.96. The van der Waals surface area contributed by atoms with E-state index in [1.54, 1.807) is 0 Å². The van der Waals surface area contributed by atoms with Gasteiger partial charge in [0.1, 0.15) is 0 Å². The van der Waals surface area contributed by atoms with Crippen LogP contribution in [-0.2, 0) is 4.79 Å². The lowest BCUT2D eigenvalue weighted by Crippen LogP contribution is -2.45. The van der Waals surface area contributed by atoms with E-state index in [1.165, 1.54) is 25.7 Å². The van der Waals surface area contributed by atoms with Crippen molar-refractivity contribution in [2.24, 2.45) is 5.92 Å². The van der Waals surface area contributed by atoms with Crippen molar-refractivity contribution in [3.63, 3.8) is 0 Å². The van der Waals surface area contributed by atoms with E-state index >= 15 is 0 Å². The molecule has 2 rings (SSSR count). The van der Waals surface area contributed by atoms with Crippen LogP contribution in [0.4, 0.5) is 0 Å². The maximum absolute atomic E-state index is 12.2. The molecule has 0 aromatic carbocycles. The van der Waals surface area contributed by atoms with Crippen molar-refractivity contribution in [1.29, 1.82) is 0 Å². The zero-order valence-electron chi connectivity index (χ0n) is 12.0. The third-order valence-electron chi connectivity index (χ3n) is 4.52. The number of nitrogens with one attached hydrogen (secondary N) is 1. The number of likely N-dealkylation sites (N-methyl/N-ethyl adjacent to an activating group) is 1. The zero-order valence-corrected chi connectivity index (χ0v) is 12.0. The monoisotopic (exact) mass is 253 g/mol. The Hall–Kier alpha value is -0.610. The van der Waals surface area contributed by atoms with Gasteiger partial charge in [0.25, 0.3) is 0 Å². The molecule has 1 N–H and O–H groups in total. The van der Waals surface area contributed by atoms with E-state index in [0.717, 1.165) is 19.6 Å². The predicted molar refractivity (Wildman–Crippen MR) is 73.2 cm³/mol. The van der Waals surface area contributed by atoms with E-state index < -0.39 is 0 Å². The first-order chi connectivity index (χ1) is 8.63. The molecular formula is C14H27N3O. The second kappa shape index (κ2) is 6.02. The second-order valence-corrected chi connectivity index (χ2v) is 5.81. The molecule has 0 radical (unpaired) electrons. The Kier molecular flexibility index (Phi) is 4.62. The minimum atomic E-state index is 0.00235. The lowest BCUT2D eigenvalue weighted by Gasteiger charge is -2.30. The Bertz CT molecular complexity index is 289. The van der Waals surface area contributed by atoms with Crippen LogP contribution in [-0.4, -0.2) is 54.6 Å². The predicted octanol–water partition coefficient (Wildman–Crippen LogP) is 1.27. The first kappa shape index (κ1) is 13.8. The van der Waals surface area contributed by atoms with E-state index in [1.807, 2.05) is 6.92 Å². The molecule has 2 fully saturated rings. The molecule has 2 aliphatic rings. The van der Waals surface area contributed by atoms with Crippen LogP contribution in [0.15, 0.2) is 0 Å². The van der Waals surface area contributed by atoms with Gasteiger partial charge in [0.15, 0.2) is 0 Å². The van der Waals surface area contributed by atoms with E-state index in [4.69, 9.17) is 0 Å². The van der Waals surface area contributed by atoms with Gasteiger partial charge in [-0.2, -0.15) is 0 Å². The number of nitrogens with zero attached hydrogens (tertiary/aromatic N) is 2. The minimum Gasteiger partial charge on any atom is -0.324 e. The molecule has 1 aliphatic heterocycles. The highest BCUT2D eigenvalue weighted by molar-refractivity contribution is 5.83. The Labute approximate surface area is 111 Å². The van der Waals surface area contributed by atoms with Gasteiger partial charge in [0.2, 0.25) is 5.91 Å². The molecule has 18 heavy (non-hydrogen) atoms. The van der Waals surface area contributed by atoms with Crippen molar-refractivity contribution in [2.45, 2.75) is 51.7 Å². The normalized spacial score (nSPS) is 29.8. The molecule has 0 bridgehead atoms. The molecule has 4 heteroatoms. The summed E-state index contributed by atoms with van der Waals surface area (Å²) in [6, 6.07) is 0.00235. The molecule has 2 atom stereocenters. The number of hydrogen-bond acceptors (Lipinski definition) is 3. The van der Waals surface area contributed by atoms with Gasteiger partial charge >= 0.3 is 0 Å². The summed E-state index contributed by atoms with van der Waals surface area (Å²) in [5.41, 5.74) is 0. The van der Waals surface area contributed by atoms with Crippen molar-refractivity contribution < 1.29 is 4.79 Å². The first-order valence-electron chi connectivity index (χ1n) is 7.38. The number of carbonyl (C=O) groups is 1. The number of carbonyl (C=O) groups excluding carboxylic acids is 1. The first-order valence-corrected chi connectivity index (χ1v) is 7.38. The van der Waals surface area contributed by atoms with Crippen LogP contribution in [0.25, 0.3) is 0 Å². The third kappa shape index (κ3) is 2.86. The molecule has 1 heterocycles. The Morgan fingerprint density at radius 2 is 2.06 bits per heavy atom. The van der Waals surface area contributed by atoms with Crippen molar-refractivity contribution in [3.8, 4) is 0 Å². The van der Waals surface area contributed by atoms with Crippen LogP contribution in [0.3, 0.4) is 0 Å². The zero-order chi connectivity index (χ0) is 13.1. The average Bonchev–Trinajstić information content (AvgIpc) is 2.97. The summed E-state index contributed by atoms with van der Waals surface area (Å²) in [6.07, 6.45) is 5.50. The number of rotatable bonds is 5. The molecule has 0 aromatic rings. The Morgan fingerprint density at radius 3 is 2.67 bits per heavy atom. The van der Waals surface area contributed by atoms with Gasteiger partial charge < -0.3 is 9.80 Å². The molecule has 1 amide bonds.